The van der Waals surface area contributed by atoms with Crippen molar-refractivity contribution >= 4 is 17.6 Å². The Morgan fingerprint density at radius 1 is 1.30 bits per heavy atom. The van der Waals surface area contributed by atoms with Crippen molar-refractivity contribution in [3.8, 4) is 5.75 Å². The van der Waals surface area contributed by atoms with Crippen molar-refractivity contribution in [1.82, 2.24) is 5.32 Å². The number of carbonyl (C=O) groups excluding carboxylic acids is 1. The van der Waals surface area contributed by atoms with Crippen molar-refractivity contribution < 1.29 is 22.7 Å². The van der Waals surface area contributed by atoms with Gasteiger partial charge in [0, 0.05) is 18.7 Å². The van der Waals surface area contributed by atoms with E-state index in [1.165, 1.54) is 12.1 Å². The number of amides is 2. The molecule has 0 aliphatic heterocycles. The van der Waals surface area contributed by atoms with E-state index in [1.54, 1.807) is 0 Å². The minimum absolute atomic E-state index is 0.0565. The molecule has 9 heteroatoms. The lowest BCUT2D eigenvalue weighted by atomic mass is 10.3. The van der Waals surface area contributed by atoms with E-state index >= 15 is 0 Å². The number of ether oxygens (including phenoxy) is 1. The molecule has 0 aliphatic rings. The number of benzene rings is 1. The van der Waals surface area contributed by atoms with Crippen molar-refractivity contribution in [3.05, 3.63) is 24.3 Å². The van der Waals surface area contributed by atoms with Crippen molar-refractivity contribution in [2.24, 2.45) is 5.73 Å². The van der Waals surface area contributed by atoms with E-state index in [0.29, 0.717) is 5.69 Å². The maximum Gasteiger partial charge on any atom is 0.573 e. The average Bonchev–Trinajstić information content (AvgIpc) is 2.29. The van der Waals surface area contributed by atoms with Crippen molar-refractivity contribution in [3.63, 3.8) is 0 Å². The quantitative estimate of drug-likeness (QED) is 0.493. The van der Waals surface area contributed by atoms with Crippen LogP contribution in [0.3, 0.4) is 0 Å². The molecule has 2 amide bonds. The van der Waals surface area contributed by atoms with Crippen LogP contribution in [-0.4, -0.2) is 24.8 Å². The molecule has 0 saturated carbocycles. The van der Waals surface area contributed by atoms with Gasteiger partial charge in [0.25, 0.3) is 0 Å². The van der Waals surface area contributed by atoms with Gasteiger partial charge in [-0.25, -0.2) is 4.79 Å². The summed E-state index contributed by atoms with van der Waals surface area (Å²) in [7, 11) is 0. The first-order valence-electron chi connectivity index (χ1n) is 5.50. The molecule has 110 valence electrons. The van der Waals surface area contributed by atoms with Crippen LogP contribution in [0, 0.1) is 5.41 Å². The number of alkyl halides is 3. The Bertz CT molecular complexity index is 474. The van der Waals surface area contributed by atoms with Gasteiger partial charge in [0.05, 0.1) is 5.84 Å². The molecule has 6 nitrogen and oxygen atoms in total. The fraction of sp³-hybridized carbons (Fsp3) is 0.273. The lowest BCUT2D eigenvalue weighted by Gasteiger charge is -2.10. The fourth-order valence-electron chi connectivity index (χ4n) is 1.23. The number of urea groups is 1. The summed E-state index contributed by atoms with van der Waals surface area (Å²) in [6.45, 7) is 0.191. The molecule has 1 aromatic rings. The van der Waals surface area contributed by atoms with Gasteiger partial charge in [-0.05, 0) is 24.3 Å². The third kappa shape index (κ3) is 6.47. The Morgan fingerprint density at radius 2 is 1.90 bits per heavy atom. The van der Waals surface area contributed by atoms with Gasteiger partial charge in [-0.15, -0.1) is 13.2 Å². The number of nitrogens with one attached hydrogen (secondary N) is 3. The summed E-state index contributed by atoms with van der Waals surface area (Å²) in [5.41, 5.74) is 5.41. The van der Waals surface area contributed by atoms with Gasteiger partial charge >= 0.3 is 12.4 Å². The highest BCUT2D eigenvalue weighted by molar-refractivity contribution is 5.89. The van der Waals surface area contributed by atoms with E-state index in [9.17, 15) is 18.0 Å². The SMILES string of the molecule is N=C(N)CCNC(=O)Nc1ccc(OC(F)(F)F)cc1. The largest absolute Gasteiger partial charge is 0.573 e. The fourth-order valence-corrected chi connectivity index (χ4v) is 1.23. The molecule has 20 heavy (non-hydrogen) atoms. The predicted molar refractivity (Wildman–Crippen MR) is 66.7 cm³/mol. The molecule has 0 unspecified atom stereocenters. The van der Waals surface area contributed by atoms with Gasteiger partial charge < -0.3 is 21.1 Å². The zero-order valence-corrected chi connectivity index (χ0v) is 10.3. The van der Waals surface area contributed by atoms with Crippen LogP contribution in [0.2, 0.25) is 0 Å². The molecule has 5 N–H and O–H groups in total. The first-order chi connectivity index (χ1) is 9.26. The smallest absolute Gasteiger partial charge is 0.406 e. The van der Waals surface area contributed by atoms with Gasteiger partial charge in [-0.1, -0.05) is 0 Å². The molecule has 0 spiro atoms. The van der Waals surface area contributed by atoms with E-state index in [1.807, 2.05) is 0 Å². The Hall–Kier alpha value is -2.45. The summed E-state index contributed by atoms with van der Waals surface area (Å²) < 4.78 is 39.5. The highest BCUT2D eigenvalue weighted by Crippen LogP contribution is 2.23. The summed E-state index contributed by atoms with van der Waals surface area (Å²) in [6, 6.07) is 4.16. The second-order valence-electron chi connectivity index (χ2n) is 3.73. The number of hydrogen-bond donors (Lipinski definition) is 4. The highest BCUT2D eigenvalue weighted by atomic mass is 19.4. The molecule has 0 saturated heterocycles. The monoisotopic (exact) mass is 290 g/mol. The Morgan fingerprint density at radius 3 is 2.40 bits per heavy atom. The second-order valence-corrected chi connectivity index (χ2v) is 3.73. The molecule has 0 radical (unpaired) electrons. The van der Waals surface area contributed by atoms with Crippen LogP contribution in [0.1, 0.15) is 6.42 Å². The maximum absolute atomic E-state index is 11.9. The third-order valence-electron chi connectivity index (χ3n) is 2.03. The molecular weight excluding hydrogens is 277 g/mol. The summed E-state index contributed by atoms with van der Waals surface area (Å²) in [4.78, 5) is 11.4. The van der Waals surface area contributed by atoms with E-state index in [2.05, 4.69) is 15.4 Å². The molecular formula is C11H13F3N4O2. The maximum atomic E-state index is 11.9. The predicted octanol–water partition coefficient (Wildman–Crippen LogP) is 2.03. The van der Waals surface area contributed by atoms with E-state index < -0.39 is 12.4 Å². The minimum Gasteiger partial charge on any atom is -0.406 e. The minimum atomic E-state index is -4.75. The summed E-state index contributed by atoms with van der Waals surface area (Å²) in [6.07, 6.45) is -4.54. The number of rotatable bonds is 5. The van der Waals surface area contributed by atoms with Crippen LogP contribution in [0.4, 0.5) is 23.7 Å². The average molecular weight is 290 g/mol. The van der Waals surface area contributed by atoms with Crippen molar-refractivity contribution in [1.29, 1.82) is 5.41 Å². The third-order valence-corrected chi connectivity index (χ3v) is 2.03. The second kappa shape index (κ2) is 6.64. The Balaban J connectivity index is 2.45. The molecule has 0 heterocycles. The first kappa shape index (κ1) is 15.6. The first-order valence-corrected chi connectivity index (χ1v) is 5.50. The Labute approximate surface area is 112 Å². The molecule has 1 aromatic carbocycles. The van der Waals surface area contributed by atoms with Crippen LogP contribution < -0.4 is 21.1 Å². The molecule has 0 aliphatic carbocycles. The molecule has 0 bridgehead atoms. The van der Waals surface area contributed by atoms with Gasteiger partial charge in [0.15, 0.2) is 0 Å². The lowest BCUT2D eigenvalue weighted by molar-refractivity contribution is -0.274. The van der Waals surface area contributed by atoms with Crippen LogP contribution in [-0.2, 0) is 0 Å². The number of anilines is 1. The van der Waals surface area contributed by atoms with Gasteiger partial charge in [-0.3, -0.25) is 5.41 Å². The normalized spacial score (nSPS) is 10.8. The molecule has 0 atom stereocenters. The van der Waals surface area contributed by atoms with Crippen LogP contribution >= 0.6 is 0 Å². The van der Waals surface area contributed by atoms with Gasteiger partial charge in [0.2, 0.25) is 0 Å². The van der Waals surface area contributed by atoms with E-state index in [-0.39, 0.29) is 24.6 Å². The molecule has 1 rings (SSSR count). The molecule has 0 fully saturated rings. The zero-order chi connectivity index (χ0) is 15.2. The van der Waals surface area contributed by atoms with Crippen LogP contribution in [0.15, 0.2) is 24.3 Å². The number of amidine groups is 1. The molecule has 0 aromatic heterocycles. The number of hydrogen-bond acceptors (Lipinski definition) is 3. The highest BCUT2D eigenvalue weighted by Gasteiger charge is 2.30. The summed E-state index contributed by atoms with van der Waals surface area (Å²) in [5, 5.41) is 11.8. The number of halogens is 3. The van der Waals surface area contributed by atoms with Crippen molar-refractivity contribution in [2.75, 3.05) is 11.9 Å². The standard InChI is InChI=1S/C11H13F3N4O2/c12-11(13,14)20-8-3-1-7(2-4-8)18-10(19)17-6-5-9(15)16/h1-4H,5-6H2,(H3,15,16)(H2,17,18,19). The van der Waals surface area contributed by atoms with Crippen LogP contribution in [0.5, 0.6) is 5.75 Å². The topological polar surface area (TPSA) is 100 Å². The van der Waals surface area contributed by atoms with Crippen molar-refractivity contribution in [2.45, 2.75) is 12.8 Å². The summed E-state index contributed by atoms with van der Waals surface area (Å²) >= 11 is 0. The Kier molecular flexibility index (Phi) is 5.18. The number of carbonyl (C=O) groups is 1. The lowest BCUT2D eigenvalue weighted by Crippen LogP contribution is -2.31. The van der Waals surface area contributed by atoms with E-state index in [4.69, 9.17) is 11.1 Å². The van der Waals surface area contributed by atoms with Gasteiger partial charge in [0.1, 0.15) is 5.75 Å². The zero-order valence-electron chi connectivity index (χ0n) is 10.3. The van der Waals surface area contributed by atoms with Crippen LogP contribution in [0.25, 0.3) is 0 Å². The van der Waals surface area contributed by atoms with E-state index in [0.717, 1.165) is 12.1 Å². The van der Waals surface area contributed by atoms with Gasteiger partial charge in [-0.2, -0.15) is 0 Å². The summed E-state index contributed by atoms with van der Waals surface area (Å²) in [5.74, 6) is -0.431. The number of nitrogens with two attached hydrogens (primary N) is 1.